The Morgan fingerprint density at radius 3 is 0.902 bits per heavy atom. The van der Waals surface area contributed by atoms with Gasteiger partial charge in [0.25, 0.3) is 0 Å². The van der Waals surface area contributed by atoms with E-state index in [4.69, 9.17) is 9.47 Å². The van der Waals surface area contributed by atoms with Crippen LogP contribution in [-0.4, -0.2) is 33.8 Å². The van der Waals surface area contributed by atoms with Crippen LogP contribution in [0.5, 0.6) is 23.0 Å². The summed E-state index contributed by atoms with van der Waals surface area (Å²) in [5.41, 5.74) is 7.64. The zero-order valence-corrected chi connectivity index (χ0v) is 24.7. The third-order valence-corrected chi connectivity index (χ3v) is 14.2. The molecule has 0 aliphatic carbocycles. The molecule has 0 bridgehead atoms. The molecule has 0 fully saturated rings. The van der Waals surface area contributed by atoms with E-state index in [1.807, 2.05) is 0 Å². The van der Waals surface area contributed by atoms with Gasteiger partial charge in [-0.15, -0.1) is 0 Å². The normalized spacial score (nSPS) is 15.0. The summed E-state index contributed by atoms with van der Waals surface area (Å²) >= 11 is -1.99. The maximum atomic E-state index is 6.63. The zero-order chi connectivity index (χ0) is 27.3. The molecule has 41 heavy (non-hydrogen) atoms. The molecular formula is C38H26CaO2. The molecule has 8 rings (SSSR count). The number of ether oxygens (including phenoxy) is 2. The number of hydrogen-bond acceptors (Lipinski definition) is 2. The first-order chi connectivity index (χ1) is 20.3. The number of rotatable bonds is 4. The Bertz CT molecular complexity index is 1650. The van der Waals surface area contributed by atoms with Crippen molar-refractivity contribution in [2.45, 2.75) is 3.02 Å². The molecule has 6 aromatic rings. The number of benzene rings is 6. The van der Waals surface area contributed by atoms with Crippen LogP contribution < -0.4 is 9.47 Å². The summed E-state index contributed by atoms with van der Waals surface area (Å²) in [6.45, 7) is 0. The van der Waals surface area contributed by atoms with Crippen LogP contribution in [0.25, 0.3) is 0 Å². The third kappa shape index (κ3) is 3.75. The van der Waals surface area contributed by atoms with Gasteiger partial charge in [-0.3, -0.25) is 0 Å². The van der Waals surface area contributed by atoms with E-state index >= 15 is 0 Å². The van der Waals surface area contributed by atoms with Gasteiger partial charge in [0, 0.05) is 0 Å². The molecule has 0 N–H and O–H groups in total. The summed E-state index contributed by atoms with van der Waals surface area (Å²) in [5, 5.41) is 0. The fraction of sp³-hybridized carbons (Fsp3) is 0.0526. The molecule has 192 valence electrons. The second-order valence-electron chi connectivity index (χ2n) is 10.9. The van der Waals surface area contributed by atoms with Crippen molar-refractivity contribution in [3.8, 4) is 23.0 Å². The Labute approximate surface area is 258 Å². The Hall–Kier alpha value is -3.82. The van der Waals surface area contributed by atoms with Gasteiger partial charge in [-0.2, -0.15) is 0 Å². The van der Waals surface area contributed by atoms with Crippen LogP contribution in [0.15, 0.2) is 158 Å². The average Bonchev–Trinajstić information content (AvgIpc) is 3.05. The van der Waals surface area contributed by atoms with Crippen molar-refractivity contribution < 1.29 is 9.47 Å². The van der Waals surface area contributed by atoms with Gasteiger partial charge in [0.1, 0.15) is 0 Å². The monoisotopic (exact) mass is 554 g/mol. The van der Waals surface area contributed by atoms with Gasteiger partial charge in [-0.1, -0.05) is 0 Å². The van der Waals surface area contributed by atoms with Crippen LogP contribution in [-0.2, 0) is 3.02 Å². The van der Waals surface area contributed by atoms with Gasteiger partial charge in [-0.05, 0) is 0 Å². The van der Waals surface area contributed by atoms with E-state index in [0.29, 0.717) is 0 Å². The van der Waals surface area contributed by atoms with Gasteiger partial charge >= 0.3 is 260 Å². The maximum absolute atomic E-state index is 6.63. The van der Waals surface area contributed by atoms with Crippen molar-refractivity contribution in [1.29, 1.82) is 0 Å². The standard InChI is InChI=1S/2C19H13O.Ca/c2*1-2-8-14(9-3-1)19-15-10-4-6-12-17(15)20-18-13-7-5-11-16(18)19;/h2*1-13H;. The SMILES string of the molecule is c1ccc([C]2([Ca][C]3(c4ccccc4)c4ccccc4Oc4ccccc43)c3ccccc3Oc3ccccc32)cc1. The molecule has 0 saturated heterocycles. The number of hydrogen-bond donors (Lipinski definition) is 0. The fourth-order valence-corrected chi connectivity index (χ4v) is 12.8. The first-order valence-electron chi connectivity index (χ1n) is 14.2. The van der Waals surface area contributed by atoms with E-state index in [9.17, 15) is 0 Å². The van der Waals surface area contributed by atoms with E-state index in [1.165, 1.54) is 33.4 Å². The minimum atomic E-state index is -1.99. The Morgan fingerprint density at radius 1 is 0.317 bits per heavy atom. The molecule has 0 aromatic heterocycles. The summed E-state index contributed by atoms with van der Waals surface area (Å²) in [6, 6.07) is 56.9. The average molecular weight is 555 g/mol. The molecular weight excluding hydrogens is 528 g/mol. The van der Waals surface area contributed by atoms with Crippen LogP contribution in [0.3, 0.4) is 0 Å². The topological polar surface area (TPSA) is 18.5 Å². The van der Waals surface area contributed by atoms with E-state index in [2.05, 4.69) is 158 Å². The first-order valence-corrected chi connectivity index (χ1v) is 16.4. The molecule has 2 heterocycles. The van der Waals surface area contributed by atoms with Crippen molar-refractivity contribution in [3.63, 3.8) is 0 Å². The van der Waals surface area contributed by atoms with Gasteiger partial charge in [0.2, 0.25) is 0 Å². The second-order valence-corrected chi connectivity index (χ2v) is 14.8. The van der Waals surface area contributed by atoms with Crippen LogP contribution in [0.1, 0.15) is 33.4 Å². The van der Waals surface area contributed by atoms with E-state index in [1.54, 1.807) is 0 Å². The summed E-state index contributed by atoms with van der Waals surface area (Å²) < 4.78 is 12.6. The fourth-order valence-electron chi connectivity index (χ4n) is 7.21. The summed E-state index contributed by atoms with van der Waals surface area (Å²) in [7, 11) is 0. The molecule has 3 heteroatoms. The molecule has 6 aromatic carbocycles. The van der Waals surface area contributed by atoms with Crippen LogP contribution in [0, 0.1) is 0 Å². The van der Waals surface area contributed by atoms with Crippen molar-refractivity contribution >= 4 is 33.8 Å². The molecule has 0 amide bonds. The number of fused-ring (bicyclic) bond motifs is 4. The van der Waals surface area contributed by atoms with Crippen LogP contribution in [0.4, 0.5) is 0 Å². The van der Waals surface area contributed by atoms with Crippen LogP contribution >= 0.6 is 0 Å². The molecule has 0 saturated carbocycles. The summed E-state index contributed by atoms with van der Waals surface area (Å²) in [6.07, 6.45) is 0. The molecule has 0 spiro atoms. The molecule has 0 radical (unpaired) electrons. The molecule has 0 atom stereocenters. The summed E-state index contributed by atoms with van der Waals surface area (Å²) in [4.78, 5) is 0. The van der Waals surface area contributed by atoms with Crippen molar-refractivity contribution in [2.75, 3.05) is 0 Å². The summed E-state index contributed by atoms with van der Waals surface area (Å²) in [5.74, 6) is 3.77. The van der Waals surface area contributed by atoms with E-state index < -0.39 is 33.8 Å². The van der Waals surface area contributed by atoms with Crippen LogP contribution in [0.2, 0.25) is 0 Å². The van der Waals surface area contributed by atoms with E-state index in [0.717, 1.165) is 23.0 Å². The van der Waals surface area contributed by atoms with Crippen molar-refractivity contribution in [2.24, 2.45) is 0 Å². The quantitative estimate of drug-likeness (QED) is 0.203. The van der Waals surface area contributed by atoms with Crippen molar-refractivity contribution in [3.05, 3.63) is 191 Å². The molecule has 0 unspecified atom stereocenters. The minimum absolute atomic E-state index is 0.340. The Balaban J connectivity index is 1.54. The first kappa shape index (κ1) is 24.9. The number of para-hydroxylation sites is 4. The van der Waals surface area contributed by atoms with Crippen molar-refractivity contribution in [1.82, 2.24) is 0 Å². The Kier molecular flexibility index (Phi) is 6.03. The Morgan fingerprint density at radius 2 is 0.585 bits per heavy atom. The molecule has 2 nitrogen and oxygen atoms in total. The second kappa shape index (κ2) is 9.92. The molecule has 2 aliphatic rings. The zero-order valence-electron chi connectivity index (χ0n) is 22.5. The van der Waals surface area contributed by atoms with Gasteiger partial charge < -0.3 is 0 Å². The van der Waals surface area contributed by atoms with Gasteiger partial charge in [-0.25, -0.2) is 0 Å². The van der Waals surface area contributed by atoms with E-state index in [-0.39, 0.29) is 3.02 Å². The third-order valence-electron chi connectivity index (χ3n) is 8.89. The van der Waals surface area contributed by atoms with Gasteiger partial charge in [0.15, 0.2) is 0 Å². The van der Waals surface area contributed by atoms with Gasteiger partial charge in [0.05, 0.1) is 0 Å². The molecule has 2 aliphatic heterocycles. The predicted molar refractivity (Wildman–Crippen MR) is 164 cm³/mol. The predicted octanol–water partition coefficient (Wildman–Crippen LogP) is 8.89.